The summed E-state index contributed by atoms with van der Waals surface area (Å²) in [6.45, 7) is 5.03. The number of pyridine rings is 1. The van der Waals surface area contributed by atoms with Gasteiger partial charge in [0.25, 0.3) is 0 Å². The minimum atomic E-state index is 0.361. The topological polar surface area (TPSA) is 24.9 Å². The lowest BCUT2D eigenvalue weighted by molar-refractivity contribution is 0.798. The van der Waals surface area contributed by atoms with E-state index < -0.39 is 0 Å². The Morgan fingerprint density at radius 2 is 2.00 bits per heavy atom. The molecule has 0 bridgehead atoms. The fourth-order valence-electron chi connectivity index (χ4n) is 1.96. The van der Waals surface area contributed by atoms with Gasteiger partial charge in [0.15, 0.2) is 0 Å². The predicted octanol–water partition coefficient (Wildman–Crippen LogP) is 4.38. The van der Waals surface area contributed by atoms with Crippen LogP contribution in [-0.2, 0) is 6.54 Å². The average molecular weight is 283 g/mol. The second-order valence-electron chi connectivity index (χ2n) is 4.65. The minimum Gasteiger partial charge on any atom is -0.316 e. The van der Waals surface area contributed by atoms with Crippen LogP contribution in [0.5, 0.6) is 0 Å². The van der Waals surface area contributed by atoms with Gasteiger partial charge in [-0.25, -0.2) is 0 Å². The van der Waals surface area contributed by atoms with E-state index in [2.05, 4.69) is 30.2 Å². The van der Waals surface area contributed by atoms with Crippen molar-refractivity contribution >= 4 is 34.1 Å². The van der Waals surface area contributed by atoms with E-state index in [0.29, 0.717) is 16.0 Å². The van der Waals surface area contributed by atoms with Gasteiger partial charge in [-0.15, -0.1) is 0 Å². The number of fused-ring (bicyclic) bond motifs is 1. The highest BCUT2D eigenvalue weighted by molar-refractivity contribution is 6.45. The van der Waals surface area contributed by atoms with Crippen molar-refractivity contribution in [2.24, 2.45) is 0 Å². The van der Waals surface area contributed by atoms with Crippen LogP contribution in [0, 0.1) is 0 Å². The van der Waals surface area contributed by atoms with Crippen LogP contribution in [0.1, 0.15) is 31.0 Å². The third-order valence-electron chi connectivity index (χ3n) is 2.94. The zero-order valence-corrected chi connectivity index (χ0v) is 12.2. The number of halogens is 2. The number of nitrogens with one attached hydrogen (secondary N) is 1. The summed E-state index contributed by atoms with van der Waals surface area (Å²) in [5.74, 6) is 0.361. The molecule has 1 N–H and O–H groups in total. The van der Waals surface area contributed by atoms with Gasteiger partial charge >= 0.3 is 0 Å². The summed E-state index contributed by atoms with van der Waals surface area (Å²) in [5.41, 5.74) is 3.03. The normalized spacial score (nSPS) is 11.4. The molecule has 18 heavy (non-hydrogen) atoms. The molecule has 0 fully saturated rings. The third-order valence-corrected chi connectivity index (χ3v) is 3.73. The molecule has 4 heteroatoms. The molecule has 1 aromatic heterocycles. The average Bonchev–Trinajstić information content (AvgIpc) is 2.34. The molecule has 0 radical (unpaired) electrons. The molecule has 0 aliphatic heterocycles. The highest BCUT2D eigenvalue weighted by Crippen LogP contribution is 2.32. The van der Waals surface area contributed by atoms with Crippen molar-refractivity contribution in [2.45, 2.75) is 26.3 Å². The van der Waals surface area contributed by atoms with Crippen molar-refractivity contribution in [3.63, 3.8) is 0 Å². The Kier molecular flexibility index (Phi) is 4.10. The van der Waals surface area contributed by atoms with Gasteiger partial charge in [-0.2, -0.15) is 0 Å². The Hall–Kier alpha value is -0.830. The lowest BCUT2D eigenvalue weighted by atomic mass is 10.0. The summed E-state index contributed by atoms with van der Waals surface area (Å²) in [6, 6.07) is 5.93. The van der Waals surface area contributed by atoms with Gasteiger partial charge in [-0.3, -0.25) is 4.98 Å². The quantitative estimate of drug-likeness (QED) is 0.904. The van der Waals surface area contributed by atoms with Gasteiger partial charge in [-0.1, -0.05) is 43.1 Å². The van der Waals surface area contributed by atoms with E-state index in [1.165, 1.54) is 5.56 Å². The predicted molar refractivity (Wildman–Crippen MR) is 78.6 cm³/mol. The molecule has 0 saturated carbocycles. The molecule has 0 spiro atoms. The zero-order valence-electron chi connectivity index (χ0n) is 10.7. The molecular weight excluding hydrogens is 267 g/mol. The maximum absolute atomic E-state index is 6.26. The SMILES string of the molecule is CNCc1cc(C(C)C)nc2c(Cl)c(Cl)ccc12. The molecule has 2 aromatic rings. The summed E-state index contributed by atoms with van der Waals surface area (Å²) >= 11 is 12.3. The second-order valence-corrected chi connectivity index (χ2v) is 5.43. The first-order chi connectivity index (χ1) is 8.54. The smallest absolute Gasteiger partial charge is 0.0910 e. The molecule has 0 atom stereocenters. The monoisotopic (exact) mass is 282 g/mol. The van der Waals surface area contributed by atoms with E-state index >= 15 is 0 Å². The number of hydrogen-bond acceptors (Lipinski definition) is 2. The van der Waals surface area contributed by atoms with E-state index in [1.807, 2.05) is 19.2 Å². The molecule has 2 rings (SSSR count). The van der Waals surface area contributed by atoms with Crippen molar-refractivity contribution in [1.82, 2.24) is 10.3 Å². The number of aromatic nitrogens is 1. The fourth-order valence-corrected chi connectivity index (χ4v) is 2.32. The van der Waals surface area contributed by atoms with Crippen molar-refractivity contribution in [1.29, 1.82) is 0 Å². The first-order valence-electron chi connectivity index (χ1n) is 5.96. The van der Waals surface area contributed by atoms with E-state index in [0.717, 1.165) is 23.1 Å². The highest BCUT2D eigenvalue weighted by Gasteiger charge is 2.12. The third kappa shape index (κ3) is 2.46. The Morgan fingerprint density at radius 1 is 1.28 bits per heavy atom. The molecule has 0 aliphatic rings. The largest absolute Gasteiger partial charge is 0.316 e. The van der Waals surface area contributed by atoms with Crippen molar-refractivity contribution in [2.75, 3.05) is 7.05 Å². The van der Waals surface area contributed by atoms with Crippen molar-refractivity contribution in [3.05, 3.63) is 39.5 Å². The molecule has 0 amide bonds. The fraction of sp³-hybridized carbons (Fsp3) is 0.357. The summed E-state index contributed by atoms with van der Waals surface area (Å²) in [7, 11) is 1.93. The highest BCUT2D eigenvalue weighted by atomic mass is 35.5. The number of rotatable bonds is 3. The first-order valence-corrected chi connectivity index (χ1v) is 6.72. The van der Waals surface area contributed by atoms with Gasteiger partial charge in [0.1, 0.15) is 0 Å². The molecule has 96 valence electrons. The van der Waals surface area contributed by atoms with Crippen LogP contribution in [0.4, 0.5) is 0 Å². The van der Waals surface area contributed by atoms with Gasteiger partial charge in [0, 0.05) is 17.6 Å². The number of benzene rings is 1. The molecular formula is C14H16Cl2N2. The van der Waals surface area contributed by atoms with Crippen LogP contribution in [0.25, 0.3) is 10.9 Å². The van der Waals surface area contributed by atoms with Crippen LogP contribution in [0.15, 0.2) is 18.2 Å². The molecule has 0 unspecified atom stereocenters. The maximum Gasteiger partial charge on any atom is 0.0910 e. The maximum atomic E-state index is 6.26. The van der Waals surface area contributed by atoms with E-state index in [9.17, 15) is 0 Å². The first kappa shape index (κ1) is 13.6. The molecule has 1 heterocycles. The molecule has 0 aliphatic carbocycles. The molecule has 0 saturated heterocycles. The summed E-state index contributed by atoms with van der Waals surface area (Å²) in [4.78, 5) is 4.63. The zero-order chi connectivity index (χ0) is 13.3. The van der Waals surface area contributed by atoms with Crippen molar-refractivity contribution < 1.29 is 0 Å². The van der Waals surface area contributed by atoms with E-state index in [1.54, 1.807) is 0 Å². The van der Waals surface area contributed by atoms with Crippen LogP contribution in [0.2, 0.25) is 10.0 Å². The molecule has 2 nitrogen and oxygen atoms in total. The van der Waals surface area contributed by atoms with Crippen LogP contribution < -0.4 is 5.32 Å². The minimum absolute atomic E-state index is 0.361. The number of nitrogens with zero attached hydrogens (tertiary/aromatic N) is 1. The van der Waals surface area contributed by atoms with E-state index in [-0.39, 0.29) is 0 Å². The lowest BCUT2D eigenvalue weighted by Crippen LogP contribution is -2.07. The summed E-state index contributed by atoms with van der Waals surface area (Å²) in [6.07, 6.45) is 0. The Balaban J connectivity index is 2.77. The van der Waals surface area contributed by atoms with Crippen LogP contribution in [0.3, 0.4) is 0 Å². The van der Waals surface area contributed by atoms with Gasteiger partial charge in [-0.05, 0) is 30.7 Å². The Labute approximate surface area is 117 Å². The van der Waals surface area contributed by atoms with Crippen molar-refractivity contribution in [3.8, 4) is 0 Å². The summed E-state index contributed by atoms with van der Waals surface area (Å²) in [5, 5.41) is 5.32. The second kappa shape index (κ2) is 5.43. The standard InChI is InChI=1S/C14H16Cl2N2/c1-8(2)12-6-9(7-17-3)10-4-5-11(15)13(16)14(10)18-12/h4-6,8,17H,7H2,1-3H3. The summed E-state index contributed by atoms with van der Waals surface area (Å²) < 4.78 is 0. The Morgan fingerprint density at radius 3 is 2.61 bits per heavy atom. The molecule has 1 aromatic carbocycles. The lowest BCUT2D eigenvalue weighted by Gasteiger charge is -2.13. The number of hydrogen-bond donors (Lipinski definition) is 1. The Bertz CT molecular complexity index is 580. The van der Waals surface area contributed by atoms with Gasteiger partial charge in [0.2, 0.25) is 0 Å². The van der Waals surface area contributed by atoms with Crippen LogP contribution in [-0.4, -0.2) is 12.0 Å². The van der Waals surface area contributed by atoms with Gasteiger partial charge in [0.05, 0.1) is 15.6 Å². The van der Waals surface area contributed by atoms with E-state index in [4.69, 9.17) is 23.2 Å². The van der Waals surface area contributed by atoms with Gasteiger partial charge < -0.3 is 5.32 Å². The van der Waals surface area contributed by atoms with Crippen LogP contribution >= 0.6 is 23.2 Å².